The topological polar surface area (TPSA) is 97.5 Å². The molecule has 7 heteroatoms. The number of nitrogens with zero attached hydrogens (tertiary/aromatic N) is 6. The number of unbranched alkanes of at least 4 members (excludes halogenated alkanes) is 9. The van der Waals surface area contributed by atoms with Crippen molar-refractivity contribution in [2.45, 2.75) is 77.6 Å². The zero-order valence-corrected chi connectivity index (χ0v) is 14.9. The lowest BCUT2D eigenvalue weighted by atomic mass is 10.1. The van der Waals surface area contributed by atoms with Gasteiger partial charge in [0.05, 0.1) is 0 Å². The molecule has 0 heterocycles. The molecule has 0 N–H and O–H groups in total. The van der Waals surface area contributed by atoms with Crippen molar-refractivity contribution in [2.75, 3.05) is 18.8 Å². The molecule has 0 aromatic heterocycles. The van der Waals surface area contributed by atoms with Crippen LogP contribution in [0.5, 0.6) is 0 Å². The van der Waals surface area contributed by atoms with Gasteiger partial charge in [-0.1, -0.05) is 68.5 Å². The average Bonchev–Trinajstić information content (AvgIpc) is 2.54. The van der Waals surface area contributed by atoms with Gasteiger partial charge in [-0.05, 0) is 36.1 Å². The van der Waals surface area contributed by atoms with Crippen molar-refractivity contribution in [3.8, 4) is 0 Å². The predicted molar refractivity (Wildman–Crippen MR) is 98.3 cm³/mol. The summed E-state index contributed by atoms with van der Waals surface area (Å²) in [5.74, 6) is 1.06. The van der Waals surface area contributed by atoms with Crippen LogP contribution < -0.4 is 0 Å². The lowest BCUT2D eigenvalue weighted by Gasteiger charge is -1.97. The van der Waals surface area contributed by atoms with E-state index in [1.807, 2.05) is 0 Å². The van der Waals surface area contributed by atoms with E-state index in [4.69, 9.17) is 11.1 Å². The van der Waals surface area contributed by atoms with Crippen LogP contribution in [0.2, 0.25) is 0 Å². The lowest BCUT2D eigenvalue weighted by molar-refractivity contribution is 0.604. The highest BCUT2D eigenvalue weighted by Gasteiger charge is 1.88. The summed E-state index contributed by atoms with van der Waals surface area (Å²) in [6, 6.07) is 0. The fraction of sp³-hybridized carbons (Fsp3) is 1.00. The average molecular weight is 329 g/mol. The molecule has 0 aromatic rings. The van der Waals surface area contributed by atoms with E-state index in [0.29, 0.717) is 13.1 Å². The monoisotopic (exact) mass is 328 g/mol. The van der Waals surface area contributed by atoms with Gasteiger partial charge in [-0.25, -0.2) is 0 Å². The Kier molecular flexibility index (Phi) is 26.4. The summed E-state index contributed by atoms with van der Waals surface area (Å²) in [5, 5.41) is 6.81. The molecule has 0 rings (SSSR count). The molecular formula is C15H32N6S. The van der Waals surface area contributed by atoms with E-state index in [9.17, 15) is 0 Å². The Bertz CT molecular complexity index is 268. The Labute approximate surface area is 140 Å². The molecule has 0 atom stereocenters. The number of thiol groups is 1. The van der Waals surface area contributed by atoms with E-state index in [2.05, 4.69) is 39.6 Å². The van der Waals surface area contributed by atoms with Crippen LogP contribution in [0.4, 0.5) is 0 Å². The molecule has 6 nitrogen and oxygen atoms in total. The highest BCUT2D eigenvalue weighted by atomic mass is 32.1. The first kappa shape index (κ1) is 23.2. The van der Waals surface area contributed by atoms with Gasteiger partial charge >= 0.3 is 0 Å². The smallest absolute Gasteiger partial charge is 0.0257 e. The SMILES string of the molecule is CCCCCCCCCS.[N-]=[N+]=NCCCCCCN=[N+]=[N-]. The molecule has 0 aliphatic rings. The summed E-state index contributed by atoms with van der Waals surface area (Å²) < 4.78 is 0. The maximum absolute atomic E-state index is 7.94. The third-order valence-corrected chi connectivity index (χ3v) is 3.47. The molecule has 0 bridgehead atoms. The van der Waals surface area contributed by atoms with Crippen LogP contribution in [0.25, 0.3) is 20.9 Å². The predicted octanol–water partition coefficient (Wildman–Crippen LogP) is 6.83. The molecule has 22 heavy (non-hydrogen) atoms. The molecule has 0 spiro atoms. The van der Waals surface area contributed by atoms with Crippen LogP contribution in [0, 0.1) is 0 Å². The van der Waals surface area contributed by atoms with Crippen LogP contribution in [0.15, 0.2) is 10.2 Å². The van der Waals surface area contributed by atoms with Crippen LogP contribution in [-0.2, 0) is 0 Å². The molecule has 0 fully saturated rings. The number of hydrogen-bond acceptors (Lipinski definition) is 3. The summed E-state index contributed by atoms with van der Waals surface area (Å²) in [6.07, 6.45) is 13.6. The van der Waals surface area contributed by atoms with Crippen molar-refractivity contribution in [3.05, 3.63) is 20.9 Å². The van der Waals surface area contributed by atoms with Crippen LogP contribution in [-0.4, -0.2) is 18.8 Å². The molecule has 0 saturated carbocycles. The molecule has 0 radical (unpaired) electrons. The summed E-state index contributed by atoms with van der Waals surface area (Å²) in [4.78, 5) is 5.28. The van der Waals surface area contributed by atoms with E-state index in [-0.39, 0.29) is 0 Å². The zero-order chi connectivity index (χ0) is 16.7. The van der Waals surface area contributed by atoms with Crippen molar-refractivity contribution in [2.24, 2.45) is 10.2 Å². The van der Waals surface area contributed by atoms with Crippen molar-refractivity contribution >= 4 is 12.6 Å². The van der Waals surface area contributed by atoms with E-state index >= 15 is 0 Å². The van der Waals surface area contributed by atoms with Gasteiger partial charge in [0.2, 0.25) is 0 Å². The van der Waals surface area contributed by atoms with Crippen LogP contribution in [0.3, 0.4) is 0 Å². The Hall–Kier alpha value is -1.03. The van der Waals surface area contributed by atoms with Gasteiger partial charge in [0, 0.05) is 22.9 Å². The van der Waals surface area contributed by atoms with Gasteiger partial charge in [0.25, 0.3) is 0 Å². The molecule has 0 aromatic carbocycles. The van der Waals surface area contributed by atoms with Crippen molar-refractivity contribution in [1.82, 2.24) is 0 Å². The second-order valence-electron chi connectivity index (χ2n) is 5.17. The Balaban J connectivity index is 0. The molecule has 0 unspecified atom stereocenters. The molecule has 0 saturated heterocycles. The summed E-state index contributed by atoms with van der Waals surface area (Å²) in [5.41, 5.74) is 15.9. The van der Waals surface area contributed by atoms with Gasteiger partial charge in [0.15, 0.2) is 0 Å². The second-order valence-corrected chi connectivity index (χ2v) is 5.62. The Morgan fingerprint density at radius 2 is 1.09 bits per heavy atom. The summed E-state index contributed by atoms with van der Waals surface area (Å²) in [7, 11) is 0. The van der Waals surface area contributed by atoms with Gasteiger partial charge in [-0.15, -0.1) is 0 Å². The Morgan fingerprint density at radius 1 is 0.682 bits per heavy atom. The minimum absolute atomic E-state index is 0.567. The highest BCUT2D eigenvalue weighted by molar-refractivity contribution is 7.80. The summed E-state index contributed by atoms with van der Waals surface area (Å²) in [6.45, 7) is 3.39. The van der Waals surface area contributed by atoms with E-state index in [1.165, 1.54) is 44.9 Å². The van der Waals surface area contributed by atoms with Gasteiger partial charge < -0.3 is 0 Å². The number of rotatable bonds is 14. The van der Waals surface area contributed by atoms with Gasteiger partial charge in [0.1, 0.15) is 0 Å². The maximum atomic E-state index is 7.94. The third-order valence-electron chi connectivity index (χ3n) is 3.15. The molecule has 0 amide bonds. The van der Waals surface area contributed by atoms with E-state index < -0.39 is 0 Å². The van der Waals surface area contributed by atoms with Crippen LogP contribution >= 0.6 is 12.6 Å². The zero-order valence-electron chi connectivity index (χ0n) is 14.0. The molecular weight excluding hydrogens is 296 g/mol. The minimum Gasteiger partial charge on any atom is -0.179 e. The van der Waals surface area contributed by atoms with Gasteiger partial charge in [-0.3, -0.25) is 0 Å². The van der Waals surface area contributed by atoms with Crippen molar-refractivity contribution in [1.29, 1.82) is 0 Å². The molecule has 0 aliphatic heterocycles. The Morgan fingerprint density at radius 3 is 1.50 bits per heavy atom. The first-order valence-electron chi connectivity index (χ1n) is 8.46. The number of azide groups is 2. The third kappa shape index (κ3) is 27.3. The lowest BCUT2D eigenvalue weighted by Crippen LogP contribution is -1.83. The van der Waals surface area contributed by atoms with E-state index in [0.717, 1.165) is 31.4 Å². The largest absolute Gasteiger partial charge is 0.179 e. The minimum atomic E-state index is 0.567. The van der Waals surface area contributed by atoms with Crippen molar-refractivity contribution in [3.63, 3.8) is 0 Å². The second kappa shape index (κ2) is 25.0. The first-order valence-corrected chi connectivity index (χ1v) is 9.09. The standard InChI is InChI=1S/C9H20S.C6H12N6/c1-2-3-4-5-6-7-8-9-10;7-11-9-5-3-1-2-4-6-10-12-8/h10H,2-9H2,1H3;1-6H2. The van der Waals surface area contributed by atoms with E-state index in [1.54, 1.807) is 0 Å². The maximum Gasteiger partial charge on any atom is 0.0257 e. The fourth-order valence-corrected chi connectivity index (χ4v) is 2.10. The quantitative estimate of drug-likeness (QED) is 0.119. The highest BCUT2D eigenvalue weighted by Crippen LogP contribution is 2.06. The first-order chi connectivity index (χ1) is 10.8. The van der Waals surface area contributed by atoms with Gasteiger partial charge in [-0.2, -0.15) is 12.6 Å². The summed E-state index contributed by atoms with van der Waals surface area (Å²) >= 11 is 4.16. The van der Waals surface area contributed by atoms with Crippen molar-refractivity contribution < 1.29 is 0 Å². The molecule has 128 valence electrons. The fourth-order valence-electron chi connectivity index (χ4n) is 1.88. The molecule has 0 aliphatic carbocycles. The number of hydrogen-bond donors (Lipinski definition) is 1. The normalized spacial score (nSPS) is 9.18. The van der Waals surface area contributed by atoms with Crippen LogP contribution in [0.1, 0.15) is 77.6 Å².